The number of carbonyl (C=O) groups is 1. The summed E-state index contributed by atoms with van der Waals surface area (Å²) in [7, 11) is 0. The lowest BCUT2D eigenvalue weighted by Gasteiger charge is -2.25. The van der Waals surface area contributed by atoms with Gasteiger partial charge in [-0.1, -0.05) is 38.8 Å². The first kappa shape index (κ1) is 21.6. The summed E-state index contributed by atoms with van der Waals surface area (Å²) in [5, 5.41) is 6.83. The van der Waals surface area contributed by atoms with E-state index in [9.17, 15) is 9.18 Å². The topological polar surface area (TPSA) is 56.7 Å². The van der Waals surface area contributed by atoms with Gasteiger partial charge in [0.1, 0.15) is 5.82 Å². The van der Waals surface area contributed by atoms with E-state index in [0.29, 0.717) is 12.5 Å². The number of hydrogen-bond donors (Lipinski definition) is 2. The fourth-order valence-electron chi connectivity index (χ4n) is 4.29. The molecule has 1 unspecified atom stereocenters. The number of carbonyl (C=O) groups excluding carboxylic acids is 1. The maximum atomic E-state index is 13.2. The van der Waals surface area contributed by atoms with Crippen molar-refractivity contribution in [3.63, 3.8) is 0 Å². The van der Waals surface area contributed by atoms with Crippen molar-refractivity contribution < 1.29 is 9.18 Å². The van der Waals surface area contributed by atoms with Crippen LogP contribution in [0, 0.1) is 11.7 Å². The number of halogens is 1. The Balaban J connectivity index is 1.58. The molecule has 160 valence electrons. The van der Waals surface area contributed by atoms with E-state index < -0.39 is 0 Å². The maximum absolute atomic E-state index is 13.2. The Kier molecular flexibility index (Phi) is 7.14. The number of nitrogens with zero attached hydrogens (tertiary/aromatic N) is 2. The van der Waals surface area contributed by atoms with Crippen LogP contribution in [0.2, 0.25) is 0 Å². The molecule has 1 amide bonds. The molecular weight excluding hydrogens is 367 g/mol. The third-order valence-corrected chi connectivity index (χ3v) is 6.15. The van der Waals surface area contributed by atoms with Crippen LogP contribution in [0.1, 0.15) is 58.4 Å². The van der Waals surface area contributed by atoms with Gasteiger partial charge in [-0.3, -0.25) is 9.79 Å². The fourth-order valence-corrected chi connectivity index (χ4v) is 4.29. The van der Waals surface area contributed by atoms with Gasteiger partial charge in [0.2, 0.25) is 5.91 Å². The van der Waals surface area contributed by atoms with Gasteiger partial charge >= 0.3 is 0 Å². The molecule has 1 heterocycles. The van der Waals surface area contributed by atoms with E-state index in [0.717, 1.165) is 50.4 Å². The highest BCUT2D eigenvalue weighted by Gasteiger charge is 2.32. The molecule has 1 saturated carbocycles. The predicted octanol–water partition coefficient (Wildman–Crippen LogP) is 3.45. The van der Waals surface area contributed by atoms with Gasteiger partial charge in [-0.2, -0.15) is 0 Å². The van der Waals surface area contributed by atoms with Crippen molar-refractivity contribution in [2.24, 2.45) is 10.9 Å². The average Bonchev–Trinajstić information content (AvgIpc) is 3.38. The highest BCUT2D eigenvalue weighted by atomic mass is 19.1. The van der Waals surface area contributed by atoms with Crippen LogP contribution in [0.4, 0.5) is 4.39 Å². The molecule has 1 aromatic rings. The number of likely N-dealkylation sites (tertiary alicyclic amines) is 1. The van der Waals surface area contributed by atoms with Gasteiger partial charge < -0.3 is 15.5 Å². The van der Waals surface area contributed by atoms with Gasteiger partial charge in [-0.05, 0) is 43.9 Å². The van der Waals surface area contributed by atoms with Gasteiger partial charge in [-0.15, -0.1) is 0 Å². The van der Waals surface area contributed by atoms with Crippen molar-refractivity contribution in [2.75, 3.05) is 26.2 Å². The van der Waals surface area contributed by atoms with Crippen molar-refractivity contribution in [3.8, 4) is 0 Å². The SMILES string of the molecule is CCNC(=NCC(C)(C)c1ccc(F)cc1)NC1CCN(C(=O)C2CCCC2)C1. The van der Waals surface area contributed by atoms with Crippen LogP contribution >= 0.6 is 0 Å². The zero-order chi connectivity index (χ0) is 20.9. The number of aliphatic imine (C=N–C) groups is 1. The van der Waals surface area contributed by atoms with Crippen LogP contribution in [-0.4, -0.2) is 49.0 Å². The van der Waals surface area contributed by atoms with E-state index in [1.54, 1.807) is 0 Å². The molecule has 5 nitrogen and oxygen atoms in total. The Morgan fingerprint density at radius 3 is 2.55 bits per heavy atom. The highest BCUT2D eigenvalue weighted by Crippen LogP contribution is 2.28. The average molecular weight is 403 g/mol. The minimum atomic E-state index is -0.221. The Bertz CT molecular complexity index is 710. The number of guanidine groups is 1. The number of hydrogen-bond acceptors (Lipinski definition) is 2. The molecule has 1 aromatic carbocycles. The standard InChI is InChI=1S/C23H35FN4O/c1-4-25-22(26-16-23(2,3)18-9-11-19(24)12-10-18)27-20-13-14-28(15-20)21(29)17-7-5-6-8-17/h9-12,17,20H,4-8,13-16H2,1-3H3,(H2,25,26,27). The number of amides is 1. The van der Waals surface area contributed by atoms with Crippen LogP contribution in [0.15, 0.2) is 29.3 Å². The van der Waals surface area contributed by atoms with Gasteiger partial charge in [0.25, 0.3) is 0 Å². The molecule has 2 aliphatic rings. The summed E-state index contributed by atoms with van der Waals surface area (Å²) < 4.78 is 13.2. The summed E-state index contributed by atoms with van der Waals surface area (Å²) in [6, 6.07) is 6.88. The molecule has 29 heavy (non-hydrogen) atoms. The zero-order valence-corrected chi connectivity index (χ0v) is 18.0. The van der Waals surface area contributed by atoms with E-state index in [2.05, 4.69) is 24.5 Å². The quantitative estimate of drug-likeness (QED) is 0.566. The molecule has 2 N–H and O–H groups in total. The summed E-state index contributed by atoms with van der Waals surface area (Å²) in [5.41, 5.74) is 0.864. The van der Waals surface area contributed by atoms with Crippen molar-refractivity contribution in [1.29, 1.82) is 0 Å². The Labute approximate surface area is 174 Å². The largest absolute Gasteiger partial charge is 0.357 e. The van der Waals surface area contributed by atoms with Crippen molar-refractivity contribution >= 4 is 11.9 Å². The maximum Gasteiger partial charge on any atom is 0.225 e. The van der Waals surface area contributed by atoms with E-state index in [1.165, 1.54) is 25.0 Å². The van der Waals surface area contributed by atoms with Crippen LogP contribution in [-0.2, 0) is 10.2 Å². The molecule has 0 aromatic heterocycles. The summed E-state index contributed by atoms with van der Waals surface area (Å²) in [6.07, 6.45) is 5.43. The third-order valence-electron chi connectivity index (χ3n) is 6.15. The first-order valence-electron chi connectivity index (χ1n) is 11.0. The molecular formula is C23H35FN4O. The van der Waals surface area contributed by atoms with Crippen molar-refractivity contribution in [3.05, 3.63) is 35.6 Å². The molecule has 3 rings (SSSR count). The lowest BCUT2D eigenvalue weighted by molar-refractivity contribution is -0.134. The number of nitrogens with one attached hydrogen (secondary N) is 2. The van der Waals surface area contributed by atoms with Gasteiger partial charge in [0.15, 0.2) is 5.96 Å². The summed E-state index contributed by atoms with van der Waals surface area (Å²) >= 11 is 0. The molecule has 1 atom stereocenters. The fraction of sp³-hybridized carbons (Fsp3) is 0.652. The lowest BCUT2D eigenvalue weighted by atomic mass is 9.85. The molecule has 1 aliphatic carbocycles. The molecule has 0 bridgehead atoms. The smallest absolute Gasteiger partial charge is 0.225 e. The number of rotatable bonds is 6. The monoisotopic (exact) mass is 402 g/mol. The van der Waals surface area contributed by atoms with Gasteiger partial charge in [0, 0.05) is 37.0 Å². The molecule has 1 saturated heterocycles. The van der Waals surface area contributed by atoms with E-state index in [1.807, 2.05) is 24.0 Å². The lowest BCUT2D eigenvalue weighted by Crippen LogP contribution is -2.46. The zero-order valence-electron chi connectivity index (χ0n) is 18.0. The van der Waals surface area contributed by atoms with Crippen LogP contribution < -0.4 is 10.6 Å². The highest BCUT2D eigenvalue weighted by molar-refractivity contribution is 5.81. The van der Waals surface area contributed by atoms with Crippen LogP contribution in [0.3, 0.4) is 0 Å². The minimum absolute atomic E-state index is 0.198. The third kappa shape index (κ3) is 5.71. The van der Waals surface area contributed by atoms with Gasteiger partial charge in [-0.25, -0.2) is 4.39 Å². The van der Waals surface area contributed by atoms with Crippen molar-refractivity contribution in [1.82, 2.24) is 15.5 Å². The second-order valence-corrected chi connectivity index (χ2v) is 8.98. The number of benzene rings is 1. The van der Waals surface area contributed by atoms with E-state index in [-0.39, 0.29) is 23.2 Å². The van der Waals surface area contributed by atoms with E-state index in [4.69, 9.17) is 4.99 Å². The second kappa shape index (κ2) is 9.59. The predicted molar refractivity (Wildman–Crippen MR) is 115 cm³/mol. The van der Waals surface area contributed by atoms with Crippen molar-refractivity contribution in [2.45, 2.75) is 64.3 Å². The minimum Gasteiger partial charge on any atom is -0.357 e. The second-order valence-electron chi connectivity index (χ2n) is 8.98. The summed E-state index contributed by atoms with van der Waals surface area (Å²) in [4.78, 5) is 19.5. The Morgan fingerprint density at radius 2 is 1.90 bits per heavy atom. The summed E-state index contributed by atoms with van der Waals surface area (Å²) in [5.74, 6) is 1.14. The first-order valence-corrected chi connectivity index (χ1v) is 11.0. The first-order chi connectivity index (χ1) is 13.9. The Hall–Kier alpha value is -2.11. The summed E-state index contributed by atoms with van der Waals surface area (Å²) in [6.45, 7) is 9.23. The van der Waals surface area contributed by atoms with Gasteiger partial charge in [0.05, 0.1) is 6.54 Å². The molecule has 6 heteroatoms. The normalized spacial score (nSPS) is 20.9. The molecule has 2 fully saturated rings. The van der Waals surface area contributed by atoms with Crippen LogP contribution in [0.25, 0.3) is 0 Å². The van der Waals surface area contributed by atoms with Crippen LogP contribution in [0.5, 0.6) is 0 Å². The molecule has 0 radical (unpaired) electrons. The molecule has 1 aliphatic heterocycles. The van der Waals surface area contributed by atoms with E-state index >= 15 is 0 Å². The Morgan fingerprint density at radius 1 is 1.21 bits per heavy atom. The molecule has 0 spiro atoms.